The van der Waals surface area contributed by atoms with Gasteiger partial charge in [-0.25, -0.2) is 0 Å². The summed E-state index contributed by atoms with van der Waals surface area (Å²) >= 11 is 0. The quantitative estimate of drug-likeness (QED) is 0.518. The molecule has 1 aliphatic rings. The molecule has 0 atom stereocenters. The monoisotopic (exact) mass is 167 g/mol. The third kappa shape index (κ3) is 1.59. The van der Waals surface area contributed by atoms with Gasteiger partial charge in [-0.05, 0) is 13.8 Å². The van der Waals surface area contributed by atoms with E-state index in [4.69, 9.17) is 14.7 Å². The summed E-state index contributed by atoms with van der Waals surface area (Å²) in [6.45, 7) is 7.41. The molecule has 1 rings (SSSR count). The summed E-state index contributed by atoms with van der Waals surface area (Å²) in [5.74, 6) is -0.0263. The first kappa shape index (κ1) is 9.08. The Morgan fingerprint density at radius 3 is 2.25 bits per heavy atom. The molecule has 0 saturated carbocycles. The van der Waals surface area contributed by atoms with Crippen LogP contribution in [0.4, 0.5) is 0 Å². The lowest BCUT2D eigenvalue weighted by molar-refractivity contribution is -0.151. The van der Waals surface area contributed by atoms with Crippen LogP contribution >= 0.6 is 0 Å². The van der Waals surface area contributed by atoms with Crippen molar-refractivity contribution in [1.29, 1.82) is 5.26 Å². The van der Waals surface area contributed by atoms with Crippen molar-refractivity contribution in [2.24, 2.45) is 0 Å². The van der Waals surface area contributed by atoms with Crippen LogP contribution in [0.1, 0.15) is 27.7 Å². The number of nitrogens with zero attached hydrogens (tertiary/aromatic N) is 1. The molecule has 1 aliphatic heterocycles. The van der Waals surface area contributed by atoms with Crippen LogP contribution in [0.5, 0.6) is 0 Å². The van der Waals surface area contributed by atoms with Gasteiger partial charge in [0, 0.05) is 13.8 Å². The van der Waals surface area contributed by atoms with Gasteiger partial charge in [0.15, 0.2) is 0 Å². The summed E-state index contributed by atoms with van der Waals surface area (Å²) in [6.07, 6.45) is 1.38. The SMILES string of the molecule is CC1(C)OC(=CC#N)C(C)(C)O1. The third-order valence-electron chi connectivity index (χ3n) is 1.65. The van der Waals surface area contributed by atoms with E-state index in [-0.39, 0.29) is 0 Å². The predicted molar refractivity (Wildman–Crippen MR) is 44.0 cm³/mol. The predicted octanol–water partition coefficient (Wildman–Crippen LogP) is 1.96. The summed E-state index contributed by atoms with van der Waals surface area (Å²) in [4.78, 5) is 0. The van der Waals surface area contributed by atoms with Crippen LogP contribution in [0.25, 0.3) is 0 Å². The van der Waals surface area contributed by atoms with E-state index in [9.17, 15) is 0 Å². The minimum Gasteiger partial charge on any atom is -0.463 e. The fourth-order valence-corrected chi connectivity index (χ4v) is 1.34. The van der Waals surface area contributed by atoms with Gasteiger partial charge in [-0.1, -0.05) is 0 Å². The lowest BCUT2D eigenvalue weighted by atomic mass is 10.1. The van der Waals surface area contributed by atoms with E-state index in [1.54, 1.807) is 0 Å². The van der Waals surface area contributed by atoms with E-state index >= 15 is 0 Å². The molecule has 0 unspecified atom stereocenters. The Hall–Kier alpha value is -1.01. The van der Waals surface area contributed by atoms with Gasteiger partial charge in [-0.2, -0.15) is 5.26 Å². The molecule has 0 aliphatic carbocycles. The first-order valence-electron chi connectivity index (χ1n) is 3.87. The van der Waals surface area contributed by atoms with E-state index in [1.807, 2.05) is 33.8 Å². The first-order chi connectivity index (χ1) is 5.37. The van der Waals surface area contributed by atoms with Crippen molar-refractivity contribution >= 4 is 0 Å². The van der Waals surface area contributed by atoms with Crippen LogP contribution < -0.4 is 0 Å². The fourth-order valence-electron chi connectivity index (χ4n) is 1.34. The van der Waals surface area contributed by atoms with Crippen molar-refractivity contribution in [2.45, 2.75) is 39.1 Å². The largest absolute Gasteiger partial charge is 0.463 e. The molecule has 0 spiro atoms. The molecule has 0 amide bonds. The zero-order valence-electron chi connectivity index (χ0n) is 7.84. The van der Waals surface area contributed by atoms with Crippen molar-refractivity contribution in [3.05, 3.63) is 11.8 Å². The summed E-state index contributed by atoms with van der Waals surface area (Å²) in [7, 11) is 0. The molecule has 0 aromatic rings. The highest BCUT2D eigenvalue weighted by Crippen LogP contribution is 2.38. The molecular formula is C9H13NO2. The maximum Gasteiger partial charge on any atom is 0.205 e. The molecule has 3 heteroatoms. The van der Waals surface area contributed by atoms with Crippen LogP contribution in [0.15, 0.2) is 11.8 Å². The zero-order chi connectivity index (χ0) is 9.41. The molecule has 12 heavy (non-hydrogen) atoms. The van der Waals surface area contributed by atoms with Gasteiger partial charge in [0.2, 0.25) is 5.79 Å². The highest BCUT2D eigenvalue weighted by molar-refractivity contribution is 5.19. The third-order valence-corrected chi connectivity index (χ3v) is 1.65. The minimum absolute atomic E-state index is 0.487. The van der Waals surface area contributed by atoms with Crippen molar-refractivity contribution in [3.8, 4) is 6.07 Å². The van der Waals surface area contributed by atoms with Gasteiger partial charge < -0.3 is 9.47 Å². The van der Waals surface area contributed by atoms with E-state index in [0.717, 1.165) is 0 Å². The smallest absolute Gasteiger partial charge is 0.205 e. The molecule has 0 bridgehead atoms. The Kier molecular flexibility index (Phi) is 1.89. The standard InChI is InChI=1S/C9H13NO2/c1-8(2)7(5-6-10)11-9(3,4)12-8/h5H,1-4H3. The number of ether oxygens (including phenoxy) is 2. The second kappa shape index (κ2) is 2.49. The van der Waals surface area contributed by atoms with Gasteiger partial charge >= 0.3 is 0 Å². The van der Waals surface area contributed by atoms with Crippen molar-refractivity contribution in [2.75, 3.05) is 0 Å². The highest BCUT2D eigenvalue weighted by atomic mass is 16.8. The first-order valence-corrected chi connectivity index (χ1v) is 3.87. The molecule has 0 radical (unpaired) electrons. The minimum atomic E-state index is -0.619. The average molecular weight is 167 g/mol. The summed E-state index contributed by atoms with van der Waals surface area (Å²) in [5, 5.41) is 8.47. The van der Waals surface area contributed by atoms with Crippen LogP contribution in [-0.4, -0.2) is 11.4 Å². The van der Waals surface area contributed by atoms with Gasteiger partial charge in [-0.3, -0.25) is 0 Å². The molecule has 3 nitrogen and oxygen atoms in total. The van der Waals surface area contributed by atoms with E-state index in [0.29, 0.717) is 5.76 Å². The normalized spacial score (nSPS) is 28.1. The van der Waals surface area contributed by atoms with Crippen LogP contribution in [0, 0.1) is 11.3 Å². The van der Waals surface area contributed by atoms with Crippen LogP contribution in [-0.2, 0) is 9.47 Å². The number of hydrogen-bond donors (Lipinski definition) is 0. The second-order valence-corrected chi connectivity index (χ2v) is 3.75. The van der Waals surface area contributed by atoms with Gasteiger partial charge in [0.05, 0.1) is 12.1 Å². The van der Waals surface area contributed by atoms with Crippen molar-refractivity contribution < 1.29 is 9.47 Å². The summed E-state index contributed by atoms with van der Waals surface area (Å²) < 4.78 is 11.0. The van der Waals surface area contributed by atoms with E-state index < -0.39 is 11.4 Å². The molecular weight excluding hydrogens is 154 g/mol. The zero-order valence-corrected chi connectivity index (χ0v) is 7.84. The van der Waals surface area contributed by atoms with Gasteiger partial charge in [0.1, 0.15) is 11.4 Å². The Labute approximate surface area is 72.6 Å². The Balaban J connectivity index is 2.94. The summed E-state index contributed by atoms with van der Waals surface area (Å²) in [5.41, 5.74) is -0.487. The fraction of sp³-hybridized carbons (Fsp3) is 0.667. The summed E-state index contributed by atoms with van der Waals surface area (Å²) in [6, 6.07) is 1.94. The van der Waals surface area contributed by atoms with Gasteiger partial charge in [0.25, 0.3) is 0 Å². The molecule has 1 saturated heterocycles. The number of allylic oxidation sites excluding steroid dienone is 1. The van der Waals surface area contributed by atoms with Crippen LogP contribution in [0.3, 0.4) is 0 Å². The number of rotatable bonds is 0. The molecule has 66 valence electrons. The number of hydrogen-bond acceptors (Lipinski definition) is 3. The van der Waals surface area contributed by atoms with Crippen molar-refractivity contribution in [1.82, 2.24) is 0 Å². The highest BCUT2D eigenvalue weighted by Gasteiger charge is 2.43. The molecule has 1 fully saturated rings. The Morgan fingerprint density at radius 2 is 1.92 bits per heavy atom. The average Bonchev–Trinajstić information content (AvgIpc) is 2.01. The maximum atomic E-state index is 8.47. The topological polar surface area (TPSA) is 42.2 Å². The van der Waals surface area contributed by atoms with E-state index in [1.165, 1.54) is 6.08 Å². The molecule has 0 aromatic heterocycles. The molecule has 0 N–H and O–H groups in total. The second-order valence-electron chi connectivity index (χ2n) is 3.75. The lowest BCUT2D eigenvalue weighted by Gasteiger charge is -2.18. The molecule has 0 aromatic carbocycles. The van der Waals surface area contributed by atoms with Crippen LogP contribution in [0.2, 0.25) is 0 Å². The lowest BCUT2D eigenvalue weighted by Crippen LogP contribution is -2.26. The molecule has 1 heterocycles. The Bertz CT molecular complexity index is 258. The maximum absolute atomic E-state index is 8.47. The van der Waals surface area contributed by atoms with Crippen molar-refractivity contribution in [3.63, 3.8) is 0 Å². The van der Waals surface area contributed by atoms with Gasteiger partial charge in [-0.15, -0.1) is 0 Å². The number of nitriles is 1. The van der Waals surface area contributed by atoms with E-state index in [2.05, 4.69) is 0 Å². The Morgan fingerprint density at radius 1 is 1.33 bits per heavy atom.